The predicted octanol–water partition coefficient (Wildman–Crippen LogP) is 4.70. The van der Waals surface area contributed by atoms with E-state index in [9.17, 15) is 18.9 Å². The lowest BCUT2D eigenvalue weighted by Crippen LogP contribution is -2.08. The van der Waals surface area contributed by atoms with Gasteiger partial charge in [0.15, 0.2) is 11.6 Å². The average molecular weight is 313 g/mol. The molecule has 2 aromatic rings. The zero-order chi connectivity index (χ0) is 15.6. The van der Waals surface area contributed by atoms with E-state index in [-0.39, 0.29) is 16.8 Å². The van der Waals surface area contributed by atoms with E-state index < -0.39 is 16.6 Å². The fraction of sp³-hybridized carbons (Fsp3) is 0.143. The molecule has 0 bridgehead atoms. The summed E-state index contributed by atoms with van der Waals surface area (Å²) in [6, 6.07) is 7.24. The van der Waals surface area contributed by atoms with Crippen LogP contribution in [0.1, 0.15) is 18.5 Å². The van der Waals surface area contributed by atoms with Gasteiger partial charge in [0.05, 0.1) is 15.6 Å². The highest BCUT2D eigenvalue weighted by molar-refractivity contribution is 6.33. The van der Waals surface area contributed by atoms with Gasteiger partial charge >= 0.3 is 0 Å². The van der Waals surface area contributed by atoms with Gasteiger partial charge in [-0.25, -0.2) is 8.78 Å². The number of anilines is 1. The molecule has 2 aromatic carbocycles. The molecule has 0 spiro atoms. The largest absolute Gasteiger partial charge is 0.377 e. The zero-order valence-electron chi connectivity index (χ0n) is 10.9. The van der Waals surface area contributed by atoms with E-state index in [0.29, 0.717) is 11.3 Å². The molecule has 0 radical (unpaired) electrons. The number of hydrogen-bond acceptors (Lipinski definition) is 3. The molecule has 110 valence electrons. The van der Waals surface area contributed by atoms with Gasteiger partial charge in [0.2, 0.25) is 0 Å². The van der Waals surface area contributed by atoms with Gasteiger partial charge in [0.1, 0.15) is 0 Å². The van der Waals surface area contributed by atoms with Crippen molar-refractivity contribution in [2.24, 2.45) is 0 Å². The van der Waals surface area contributed by atoms with Crippen molar-refractivity contribution in [2.45, 2.75) is 13.0 Å². The van der Waals surface area contributed by atoms with Crippen LogP contribution < -0.4 is 5.32 Å². The SMILES string of the molecule is C[C@@H](Nc1ccc([N+](=O)[O-])cc1Cl)c1ccc(F)c(F)c1. The number of non-ortho nitro benzene ring substituents is 1. The second-order valence-electron chi connectivity index (χ2n) is 4.46. The number of benzene rings is 2. The molecule has 0 unspecified atom stereocenters. The van der Waals surface area contributed by atoms with Crippen molar-refractivity contribution in [1.29, 1.82) is 0 Å². The Balaban J connectivity index is 2.21. The van der Waals surface area contributed by atoms with Gasteiger partial charge in [0.25, 0.3) is 5.69 Å². The van der Waals surface area contributed by atoms with Crippen LogP contribution in [-0.2, 0) is 0 Å². The van der Waals surface area contributed by atoms with Crippen LogP contribution in [0.15, 0.2) is 36.4 Å². The van der Waals surface area contributed by atoms with Crippen molar-refractivity contribution in [3.8, 4) is 0 Å². The summed E-state index contributed by atoms with van der Waals surface area (Å²) in [6.07, 6.45) is 0. The summed E-state index contributed by atoms with van der Waals surface area (Å²) in [6.45, 7) is 1.74. The molecular weight excluding hydrogens is 302 g/mol. The maximum Gasteiger partial charge on any atom is 0.271 e. The van der Waals surface area contributed by atoms with Crippen LogP contribution in [-0.4, -0.2) is 4.92 Å². The summed E-state index contributed by atoms with van der Waals surface area (Å²) >= 11 is 5.96. The first kappa shape index (κ1) is 15.2. The van der Waals surface area contributed by atoms with Crippen LogP contribution in [0, 0.1) is 21.7 Å². The van der Waals surface area contributed by atoms with Crippen LogP contribution in [0.4, 0.5) is 20.2 Å². The molecule has 0 aliphatic heterocycles. The van der Waals surface area contributed by atoms with E-state index in [0.717, 1.165) is 12.1 Å². The topological polar surface area (TPSA) is 55.2 Å². The molecule has 0 heterocycles. The molecule has 2 rings (SSSR count). The number of nitrogens with zero attached hydrogens (tertiary/aromatic N) is 1. The summed E-state index contributed by atoms with van der Waals surface area (Å²) in [7, 11) is 0. The lowest BCUT2D eigenvalue weighted by molar-refractivity contribution is -0.384. The van der Waals surface area contributed by atoms with Gasteiger partial charge in [-0.15, -0.1) is 0 Å². The number of nitro groups is 1. The highest BCUT2D eigenvalue weighted by Crippen LogP contribution is 2.30. The molecule has 0 aromatic heterocycles. The summed E-state index contributed by atoms with van der Waals surface area (Å²) in [4.78, 5) is 10.1. The standard InChI is InChI=1S/C14H11ClF2N2O2/c1-8(9-2-4-12(16)13(17)6-9)18-14-5-3-10(19(20)21)7-11(14)15/h2-8,18H,1H3/t8-/m1/s1. The first-order valence-electron chi connectivity index (χ1n) is 6.04. The minimum absolute atomic E-state index is 0.119. The summed E-state index contributed by atoms with van der Waals surface area (Å²) < 4.78 is 26.1. The Hall–Kier alpha value is -2.21. The molecular formula is C14H11ClF2N2O2. The second kappa shape index (κ2) is 6.05. The number of rotatable bonds is 4. The summed E-state index contributed by atoms with van der Waals surface area (Å²) in [5, 5.41) is 13.8. The molecule has 0 aliphatic rings. The predicted molar refractivity (Wildman–Crippen MR) is 76.5 cm³/mol. The van der Waals surface area contributed by atoms with Gasteiger partial charge in [0, 0.05) is 18.2 Å². The number of nitro benzene ring substituents is 1. The lowest BCUT2D eigenvalue weighted by Gasteiger charge is -2.16. The highest BCUT2D eigenvalue weighted by Gasteiger charge is 2.13. The normalized spacial score (nSPS) is 12.0. The third-order valence-corrected chi connectivity index (χ3v) is 3.29. The average Bonchev–Trinajstić information content (AvgIpc) is 2.43. The zero-order valence-corrected chi connectivity index (χ0v) is 11.7. The Labute approximate surface area is 124 Å². The molecule has 7 heteroatoms. The molecule has 0 aliphatic carbocycles. The Morgan fingerprint density at radius 1 is 1.19 bits per heavy atom. The summed E-state index contributed by atoms with van der Waals surface area (Å²) in [5.74, 6) is -1.85. The fourth-order valence-electron chi connectivity index (χ4n) is 1.83. The smallest absolute Gasteiger partial charge is 0.271 e. The van der Waals surface area contributed by atoms with Crippen LogP contribution >= 0.6 is 11.6 Å². The Kier molecular flexibility index (Phi) is 4.37. The number of hydrogen-bond donors (Lipinski definition) is 1. The monoisotopic (exact) mass is 312 g/mol. The fourth-order valence-corrected chi connectivity index (χ4v) is 2.06. The Morgan fingerprint density at radius 3 is 2.48 bits per heavy atom. The van der Waals surface area contributed by atoms with Gasteiger partial charge in [-0.1, -0.05) is 17.7 Å². The van der Waals surface area contributed by atoms with Gasteiger partial charge in [-0.3, -0.25) is 10.1 Å². The minimum Gasteiger partial charge on any atom is -0.377 e. The van der Waals surface area contributed by atoms with Crippen molar-refractivity contribution in [3.05, 3.63) is 68.7 Å². The van der Waals surface area contributed by atoms with Crippen LogP contribution in [0.2, 0.25) is 5.02 Å². The van der Waals surface area contributed by atoms with E-state index in [1.54, 1.807) is 6.92 Å². The molecule has 1 N–H and O–H groups in total. The molecule has 4 nitrogen and oxygen atoms in total. The van der Waals surface area contributed by atoms with E-state index in [1.165, 1.54) is 24.3 Å². The molecule has 0 fully saturated rings. The van der Waals surface area contributed by atoms with Crippen LogP contribution in [0.25, 0.3) is 0 Å². The molecule has 0 amide bonds. The van der Waals surface area contributed by atoms with Crippen LogP contribution in [0.3, 0.4) is 0 Å². The molecule has 1 atom stereocenters. The summed E-state index contributed by atoms with van der Waals surface area (Å²) in [5.41, 5.74) is 0.883. The highest BCUT2D eigenvalue weighted by atomic mass is 35.5. The Morgan fingerprint density at radius 2 is 1.90 bits per heavy atom. The van der Waals surface area contributed by atoms with Gasteiger partial charge in [-0.2, -0.15) is 0 Å². The number of halogens is 3. The first-order chi connectivity index (χ1) is 9.88. The number of nitrogens with one attached hydrogen (secondary N) is 1. The maximum atomic E-state index is 13.2. The molecule has 0 saturated carbocycles. The molecule has 21 heavy (non-hydrogen) atoms. The van der Waals surface area contributed by atoms with E-state index in [2.05, 4.69) is 5.32 Å². The van der Waals surface area contributed by atoms with Gasteiger partial charge < -0.3 is 5.32 Å². The Bertz CT molecular complexity index is 695. The van der Waals surface area contributed by atoms with Crippen molar-refractivity contribution in [2.75, 3.05) is 5.32 Å². The first-order valence-corrected chi connectivity index (χ1v) is 6.41. The second-order valence-corrected chi connectivity index (χ2v) is 4.87. The van der Waals surface area contributed by atoms with Crippen LogP contribution in [0.5, 0.6) is 0 Å². The molecule has 0 saturated heterocycles. The van der Waals surface area contributed by atoms with Crippen molar-refractivity contribution < 1.29 is 13.7 Å². The quantitative estimate of drug-likeness (QED) is 0.657. The third kappa shape index (κ3) is 3.46. The van der Waals surface area contributed by atoms with Gasteiger partial charge in [-0.05, 0) is 30.7 Å². The third-order valence-electron chi connectivity index (χ3n) is 2.98. The van der Waals surface area contributed by atoms with Crippen molar-refractivity contribution in [1.82, 2.24) is 0 Å². The minimum atomic E-state index is -0.934. The van der Waals surface area contributed by atoms with E-state index in [1.807, 2.05) is 0 Å². The van der Waals surface area contributed by atoms with Crippen molar-refractivity contribution >= 4 is 23.0 Å². The van der Waals surface area contributed by atoms with E-state index in [4.69, 9.17) is 11.6 Å². The van der Waals surface area contributed by atoms with Crippen molar-refractivity contribution in [3.63, 3.8) is 0 Å². The maximum absolute atomic E-state index is 13.2. The lowest BCUT2D eigenvalue weighted by atomic mass is 10.1. The van der Waals surface area contributed by atoms with E-state index >= 15 is 0 Å².